The van der Waals surface area contributed by atoms with Gasteiger partial charge < -0.3 is 14.2 Å². The molecule has 1 aromatic rings. The molecule has 1 aromatic heterocycles. The number of rotatable bonds is 5. The monoisotopic (exact) mass is 435 g/mol. The van der Waals surface area contributed by atoms with Crippen LogP contribution in [0.5, 0.6) is 0 Å². The van der Waals surface area contributed by atoms with Crippen molar-refractivity contribution in [2.24, 2.45) is 35.4 Å². The SMILES string of the molecule is C[C@H]1C(OCc2ccc(C(=O)NN)nc2)OC2OC(C)(OO)CCC3C2C1CC[C@H]3C. The number of hydrogen-bond donors (Lipinski definition) is 3. The fraction of sp³-hybridized carbons (Fsp3) is 0.727. The van der Waals surface area contributed by atoms with Crippen molar-refractivity contribution < 1.29 is 29.1 Å². The molecule has 8 atom stereocenters. The third-order valence-electron chi connectivity index (χ3n) is 7.46. The van der Waals surface area contributed by atoms with Crippen LogP contribution in [-0.4, -0.2) is 34.5 Å². The Kier molecular flexibility index (Phi) is 6.62. The van der Waals surface area contributed by atoms with E-state index in [1.165, 1.54) is 6.42 Å². The molecular weight excluding hydrogens is 402 g/mol. The molecule has 9 heteroatoms. The van der Waals surface area contributed by atoms with E-state index in [1.54, 1.807) is 25.3 Å². The lowest BCUT2D eigenvalue weighted by molar-refractivity contribution is -0.444. The first-order valence-corrected chi connectivity index (χ1v) is 11.1. The van der Waals surface area contributed by atoms with Gasteiger partial charge in [-0.1, -0.05) is 26.3 Å². The molecule has 1 aliphatic carbocycles. The summed E-state index contributed by atoms with van der Waals surface area (Å²) in [5.74, 6) is 5.54. The highest BCUT2D eigenvalue weighted by Crippen LogP contribution is 2.53. The van der Waals surface area contributed by atoms with Gasteiger partial charge in [0.05, 0.1) is 6.61 Å². The summed E-state index contributed by atoms with van der Waals surface area (Å²) in [6, 6.07) is 3.39. The Labute approximate surface area is 182 Å². The number of pyridine rings is 1. The third kappa shape index (κ3) is 4.48. The second-order valence-electron chi connectivity index (χ2n) is 9.41. The van der Waals surface area contributed by atoms with E-state index < -0.39 is 24.3 Å². The van der Waals surface area contributed by atoms with E-state index in [0.717, 1.165) is 18.4 Å². The fourth-order valence-electron chi connectivity index (χ4n) is 5.60. The molecule has 3 heterocycles. The molecule has 2 saturated heterocycles. The van der Waals surface area contributed by atoms with E-state index in [0.29, 0.717) is 30.8 Å². The van der Waals surface area contributed by atoms with Crippen LogP contribution in [0.2, 0.25) is 0 Å². The van der Waals surface area contributed by atoms with Crippen molar-refractivity contribution in [3.05, 3.63) is 29.6 Å². The molecule has 0 aromatic carbocycles. The van der Waals surface area contributed by atoms with E-state index in [-0.39, 0.29) is 17.5 Å². The summed E-state index contributed by atoms with van der Waals surface area (Å²) >= 11 is 0. The maximum atomic E-state index is 11.5. The minimum Gasteiger partial charge on any atom is -0.348 e. The first kappa shape index (κ1) is 22.6. The summed E-state index contributed by atoms with van der Waals surface area (Å²) in [6.07, 6.45) is 4.48. The van der Waals surface area contributed by atoms with Gasteiger partial charge in [0.2, 0.25) is 5.79 Å². The zero-order valence-electron chi connectivity index (χ0n) is 18.3. The van der Waals surface area contributed by atoms with Gasteiger partial charge in [-0.25, -0.2) is 16.0 Å². The summed E-state index contributed by atoms with van der Waals surface area (Å²) in [5, 5.41) is 9.47. The van der Waals surface area contributed by atoms with Crippen LogP contribution < -0.4 is 11.3 Å². The van der Waals surface area contributed by atoms with Crippen molar-refractivity contribution in [1.29, 1.82) is 0 Å². The van der Waals surface area contributed by atoms with Gasteiger partial charge in [-0.15, -0.1) is 0 Å². The van der Waals surface area contributed by atoms with Gasteiger partial charge in [0.15, 0.2) is 12.6 Å². The second-order valence-corrected chi connectivity index (χ2v) is 9.41. The number of hydrogen-bond acceptors (Lipinski definition) is 8. The van der Waals surface area contributed by atoms with E-state index in [2.05, 4.69) is 24.3 Å². The second kappa shape index (κ2) is 9.09. The van der Waals surface area contributed by atoms with Crippen molar-refractivity contribution in [3.63, 3.8) is 0 Å². The highest BCUT2D eigenvalue weighted by atomic mass is 17.1. The maximum Gasteiger partial charge on any atom is 0.283 e. The van der Waals surface area contributed by atoms with Crippen molar-refractivity contribution in [2.75, 3.05) is 0 Å². The van der Waals surface area contributed by atoms with Crippen molar-refractivity contribution in [1.82, 2.24) is 10.4 Å². The molecule has 0 radical (unpaired) electrons. The Hall–Kier alpha value is -1.62. The quantitative estimate of drug-likeness (QED) is 0.279. The van der Waals surface area contributed by atoms with Crippen LogP contribution in [0.25, 0.3) is 0 Å². The summed E-state index contributed by atoms with van der Waals surface area (Å²) in [4.78, 5) is 20.4. The van der Waals surface area contributed by atoms with E-state index in [9.17, 15) is 10.1 Å². The molecule has 3 aliphatic rings. The Balaban J connectivity index is 1.48. The lowest BCUT2D eigenvalue weighted by Gasteiger charge is -2.52. The van der Waals surface area contributed by atoms with Crippen LogP contribution in [0.3, 0.4) is 0 Å². The number of nitrogens with zero attached hydrogens (tertiary/aromatic N) is 1. The minimum absolute atomic E-state index is 0.203. The number of carbonyl (C=O) groups is 1. The normalized spacial score (nSPS) is 40.0. The molecule has 2 aliphatic heterocycles. The van der Waals surface area contributed by atoms with Crippen LogP contribution in [0.4, 0.5) is 0 Å². The van der Waals surface area contributed by atoms with Crippen LogP contribution >= 0.6 is 0 Å². The van der Waals surface area contributed by atoms with Crippen LogP contribution in [0.15, 0.2) is 18.3 Å². The smallest absolute Gasteiger partial charge is 0.283 e. The molecule has 4 N–H and O–H groups in total. The van der Waals surface area contributed by atoms with Gasteiger partial charge in [0.25, 0.3) is 5.91 Å². The molecular formula is C22H33N3O6. The predicted molar refractivity (Wildman–Crippen MR) is 110 cm³/mol. The average molecular weight is 436 g/mol. The molecule has 31 heavy (non-hydrogen) atoms. The minimum atomic E-state index is -1.08. The van der Waals surface area contributed by atoms with Crippen LogP contribution in [-0.2, 0) is 25.7 Å². The maximum absolute atomic E-state index is 11.5. The lowest BCUT2D eigenvalue weighted by Crippen LogP contribution is -2.54. The van der Waals surface area contributed by atoms with E-state index >= 15 is 0 Å². The zero-order valence-corrected chi connectivity index (χ0v) is 18.3. The average Bonchev–Trinajstić information content (AvgIpc) is 2.94. The molecule has 3 fully saturated rings. The number of aromatic nitrogens is 1. The molecule has 1 saturated carbocycles. The molecule has 0 spiro atoms. The third-order valence-corrected chi connectivity index (χ3v) is 7.46. The Morgan fingerprint density at radius 3 is 2.81 bits per heavy atom. The summed E-state index contributed by atoms with van der Waals surface area (Å²) in [7, 11) is 0. The van der Waals surface area contributed by atoms with Crippen molar-refractivity contribution in [3.8, 4) is 0 Å². The lowest BCUT2D eigenvalue weighted by atomic mass is 9.61. The Bertz CT molecular complexity index is 777. The van der Waals surface area contributed by atoms with Gasteiger partial charge in [0, 0.05) is 24.5 Å². The Morgan fingerprint density at radius 2 is 2.13 bits per heavy atom. The summed E-state index contributed by atoms with van der Waals surface area (Å²) in [5.41, 5.74) is 3.13. The van der Waals surface area contributed by atoms with Crippen molar-refractivity contribution >= 4 is 5.91 Å². The number of ether oxygens (including phenoxy) is 3. The Morgan fingerprint density at radius 1 is 1.32 bits per heavy atom. The topological polar surface area (TPSA) is 125 Å². The molecule has 0 bridgehead atoms. The van der Waals surface area contributed by atoms with Gasteiger partial charge in [-0.2, -0.15) is 0 Å². The van der Waals surface area contributed by atoms with Gasteiger partial charge in [0.1, 0.15) is 5.69 Å². The zero-order chi connectivity index (χ0) is 22.2. The summed E-state index contributed by atoms with van der Waals surface area (Å²) in [6.45, 7) is 6.53. The number of hydrazine groups is 1. The summed E-state index contributed by atoms with van der Waals surface area (Å²) < 4.78 is 18.7. The van der Waals surface area contributed by atoms with Crippen LogP contribution in [0, 0.1) is 29.6 Å². The highest BCUT2D eigenvalue weighted by molar-refractivity contribution is 5.91. The number of nitrogens with one attached hydrogen (secondary N) is 1. The van der Waals surface area contributed by atoms with Crippen molar-refractivity contribution in [2.45, 2.75) is 71.4 Å². The van der Waals surface area contributed by atoms with Gasteiger partial charge in [-0.05, 0) is 49.1 Å². The van der Waals surface area contributed by atoms with E-state index in [1.807, 2.05) is 0 Å². The molecule has 172 valence electrons. The fourth-order valence-corrected chi connectivity index (χ4v) is 5.60. The largest absolute Gasteiger partial charge is 0.348 e. The van der Waals surface area contributed by atoms with Gasteiger partial charge >= 0.3 is 0 Å². The first-order chi connectivity index (χ1) is 14.8. The predicted octanol–water partition coefficient (Wildman–Crippen LogP) is 2.81. The number of amides is 1. The molecule has 9 nitrogen and oxygen atoms in total. The highest BCUT2D eigenvalue weighted by Gasteiger charge is 2.54. The van der Waals surface area contributed by atoms with Gasteiger partial charge in [-0.3, -0.25) is 15.2 Å². The van der Waals surface area contributed by atoms with E-state index in [4.69, 9.17) is 24.9 Å². The number of carbonyl (C=O) groups excluding carboxylic acids is 1. The number of nitrogens with two attached hydrogens (primary N) is 1. The van der Waals surface area contributed by atoms with Crippen LogP contribution in [0.1, 0.15) is 62.5 Å². The molecule has 6 unspecified atom stereocenters. The molecule has 1 amide bonds. The molecule has 4 rings (SSSR count). The number of nitrogen functional groups attached to an aromatic ring is 1. The first-order valence-electron chi connectivity index (χ1n) is 11.1. The standard InChI is InChI=1S/C22H33N3O6/c1-12-4-6-16-13(2)20(28-11-14-5-7-17(24-10-14)19(26)25-23)29-21-18(16)15(12)8-9-22(3,30-21)31-27/h5,7,10,12-13,15-16,18,20-21,27H,4,6,8-9,11,23H2,1-3H3,(H,25,26)/t12-,13-,15?,16?,18?,20?,21?,22?/m1/s1.